The van der Waals surface area contributed by atoms with Crippen LogP contribution in [0.5, 0.6) is 0 Å². The largest absolute Gasteiger partial charge is 0.363 e. The molecule has 0 spiro atoms. The third kappa shape index (κ3) is 5.83. The van der Waals surface area contributed by atoms with Crippen molar-refractivity contribution in [2.75, 3.05) is 23.9 Å². The van der Waals surface area contributed by atoms with Crippen molar-refractivity contribution in [3.05, 3.63) is 103 Å². The van der Waals surface area contributed by atoms with Gasteiger partial charge in [-0.1, -0.05) is 56.7 Å². The third-order valence-electron chi connectivity index (χ3n) is 7.79. The maximum atomic E-state index is 4.66. The Labute approximate surface area is 227 Å². The zero-order valence-corrected chi connectivity index (χ0v) is 23.1. The number of anilines is 2. The van der Waals surface area contributed by atoms with Gasteiger partial charge in [-0.3, -0.25) is 0 Å². The van der Waals surface area contributed by atoms with Gasteiger partial charge < -0.3 is 9.80 Å². The molecule has 5 rings (SSSR count). The summed E-state index contributed by atoms with van der Waals surface area (Å²) >= 11 is 0. The summed E-state index contributed by atoms with van der Waals surface area (Å²) in [6.07, 6.45) is 10.9. The molecule has 2 aromatic carbocycles. The summed E-state index contributed by atoms with van der Waals surface area (Å²) < 4.78 is 1.95. The first-order valence-corrected chi connectivity index (χ1v) is 13.7. The van der Waals surface area contributed by atoms with Gasteiger partial charge in [0.05, 0.1) is 11.9 Å². The maximum absolute atomic E-state index is 4.66. The fourth-order valence-corrected chi connectivity index (χ4v) is 5.34. The molecule has 2 aromatic heterocycles. The van der Waals surface area contributed by atoms with Gasteiger partial charge in [-0.25, -0.2) is 9.67 Å². The Hall–Kier alpha value is -3.86. The topological polar surface area (TPSA) is 37.2 Å². The molecule has 0 saturated heterocycles. The molecular weight excluding hydrogens is 466 g/mol. The number of nitrogens with zero attached hydrogens (tertiary/aromatic N) is 5. The van der Waals surface area contributed by atoms with E-state index >= 15 is 0 Å². The van der Waals surface area contributed by atoms with Crippen LogP contribution in [0.15, 0.2) is 91.5 Å². The van der Waals surface area contributed by atoms with Crippen molar-refractivity contribution in [3.63, 3.8) is 0 Å². The fourth-order valence-electron chi connectivity index (χ4n) is 5.34. The minimum atomic E-state index is 0.516. The molecule has 0 amide bonds. The molecule has 0 atom stereocenters. The minimum absolute atomic E-state index is 0.516. The number of hydrogen-bond acceptors (Lipinski definition) is 4. The molecule has 1 saturated carbocycles. The zero-order chi connectivity index (χ0) is 26.6. The van der Waals surface area contributed by atoms with Crippen molar-refractivity contribution in [1.82, 2.24) is 14.8 Å². The van der Waals surface area contributed by atoms with Crippen LogP contribution < -0.4 is 9.80 Å². The molecular formula is C33H39N5. The molecule has 196 valence electrons. The number of allylic oxidation sites excluding steroid dienone is 1. The molecule has 1 aliphatic carbocycles. The normalized spacial score (nSPS) is 17.3. The zero-order valence-electron chi connectivity index (χ0n) is 23.1. The lowest BCUT2D eigenvalue weighted by atomic mass is 9.81. The van der Waals surface area contributed by atoms with Crippen molar-refractivity contribution < 1.29 is 0 Å². The van der Waals surface area contributed by atoms with Crippen LogP contribution in [0, 0.1) is 18.8 Å². The van der Waals surface area contributed by atoms with Gasteiger partial charge >= 0.3 is 0 Å². The summed E-state index contributed by atoms with van der Waals surface area (Å²) in [6, 6.07) is 21.7. The highest BCUT2D eigenvalue weighted by molar-refractivity contribution is 5.64. The van der Waals surface area contributed by atoms with E-state index in [1.165, 1.54) is 42.5 Å². The SMILES string of the molecule is C=C(C1CCC(C)CC1)N(Cc1ccc(-c2ccc(N(C)C)nc2)cc1)c1cccc(-n2cc(C)cn2)c1. The predicted octanol–water partition coefficient (Wildman–Crippen LogP) is 7.66. The first kappa shape index (κ1) is 25.8. The molecule has 0 N–H and O–H groups in total. The van der Waals surface area contributed by atoms with Crippen LogP contribution in [0.1, 0.15) is 43.7 Å². The first-order valence-electron chi connectivity index (χ1n) is 13.7. The smallest absolute Gasteiger partial charge is 0.127 e. The van der Waals surface area contributed by atoms with Crippen molar-refractivity contribution in [2.45, 2.75) is 46.1 Å². The van der Waals surface area contributed by atoms with E-state index in [1.54, 1.807) is 0 Å². The van der Waals surface area contributed by atoms with Gasteiger partial charge in [0.1, 0.15) is 5.82 Å². The molecule has 1 fully saturated rings. The summed E-state index contributed by atoms with van der Waals surface area (Å²) in [5.41, 5.74) is 8.16. The molecule has 0 bridgehead atoms. The van der Waals surface area contributed by atoms with Gasteiger partial charge in [-0.15, -0.1) is 0 Å². The standard InChI is InChI=1S/C33H39N5/c1-24-9-13-28(14-10-24)26(3)37(31-7-6-8-32(19-31)38-22-25(2)20-35-38)23-27-11-15-29(16-12-27)30-17-18-33(34-21-30)36(4)5/h6-8,11-12,15-22,24,28H,3,9-10,13-14,23H2,1-2,4-5H3. The second-order valence-corrected chi connectivity index (χ2v) is 11.0. The maximum Gasteiger partial charge on any atom is 0.127 e. The summed E-state index contributed by atoms with van der Waals surface area (Å²) in [4.78, 5) is 9.02. The highest BCUT2D eigenvalue weighted by Crippen LogP contribution is 2.37. The molecule has 5 nitrogen and oxygen atoms in total. The van der Waals surface area contributed by atoms with Crippen LogP contribution in [-0.4, -0.2) is 28.9 Å². The Morgan fingerprint density at radius 1 is 0.947 bits per heavy atom. The first-order chi connectivity index (χ1) is 18.4. The average Bonchev–Trinajstić information content (AvgIpc) is 3.38. The van der Waals surface area contributed by atoms with Gasteiger partial charge in [0.2, 0.25) is 0 Å². The van der Waals surface area contributed by atoms with Crippen molar-refractivity contribution >= 4 is 11.5 Å². The van der Waals surface area contributed by atoms with Crippen LogP contribution in [0.2, 0.25) is 0 Å². The number of pyridine rings is 1. The molecule has 2 heterocycles. The van der Waals surface area contributed by atoms with E-state index in [-0.39, 0.29) is 0 Å². The minimum Gasteiger partial charge on any atom is -0.363 e. The highest BCUT2D eigenvalue weighted by Gasteiger charge is 2.25. The average molecular weight is 506 g/mol. The second-order valence-electron chi connectivity index (χ2n) is 11.0. The molecule has 0 aliphatic heterocycles. The summed E-state index contributed by atoms with van der Waals surface area (Å²) in [7, 11) is 4.02. The van der Waals surface area contributed by atoms with Gasteiger partial charge in [0, 0.05) is 50.0 Å². The Balaban J connectivity index is 1.41. The van der Waals surface area contributed by atoms with Crippen LogP contribution >= 0.6 is 0 Å². The molecule has 38 heavy (non-hydrogen) atoms. The van der Waals surface area contributed by atoms with E-state index in [4.69, 9.17) is 0 Å². The number of rotatable bonds is 8. The van der Waals surface area contributed by atoms with Crippen LogP contribution in [0.3, 0.4) is 0 Å². The number of aromatic nitrogens is 3. The summed E-state index contributed by atoms with van der Waals surface area (Å²) in [6.45, 7) is 9.89. The number of aryl methyl sites for hydroxylation is 1. The Bertz CT molecular complexity index is 1360. The monoisotopic (exact) mass is 505 g/mol. The Morgan fingerprint density at radius 3 is 2.32 bits per heavy atom. The van der Waals surface area contributed by atoms with Gasteiger partial charge in [-0.05, 0) is 78.6 Å². The van der Waals surface area contributed by atoms with E-state index in [0.29, 0.717) is 5.92 Å². The quantitative estimate of drug-likeness (QED) is 0.246. The van der Waals surface area contributed by atoms with Gasteiger partial charge in [-0.2, -0.15) is 5.10 Å². The second kappa shape index (κ2) is 11.3. The van der Waals surface area contributed by atoms with Gasteiger partial charge in [0.25, 0.3) is 0 Å². The lowest BCUT2D eigenvalue weighted by Gasteiger charge is -2.35. The van der Waals surface area contributed by atoms with Crippen molar-refractivity contribution in [3.8, 4) is 16.8 Å². The third-order valence-corrected chi connectivity index (χ3v) is 7.79. The molecule has 4 aromatic rings. The summed E-state index contributed by atoms with van der Waals surface area (Å²) in [5, 5.41) is 4.53. The molecule has 5 heteroatoms. The van der Waals surface area contributed by atoms with E-state index in [0.717, 1.165) is 40.8 Å². The molecule has 0 unspecified atom stereocenters. The number of benzene rings is 2. The lowest BCUT2D eigenvalue weighted by Crippen LogP contribution is -2.28. The van der Waals surface area contributed by atoms with Crippen LogP contribution in [0.25, 0.3) is 16.8 Å². The Morgan fingerprint density at radius 2 is 1.68 bits per heavy atom. The fraction of sp³-hybridized carbons (Fsp3) is 0.333. The van der Waals surface area contributed by atoms with Crippen LogP contribution in [-0.2, 0) is 6.54 Å². The summed E-state index contributed by atoms with van der Waals surface area (Å²) in [5.74, 6) is 2.29. The van der Waals surface area contributed by atoms with E-state index in [2.05, 4.69) is 102 Å². The van der Waals surface area contributed by atoms with Gasteiger partial charge in [0.15, 0.2) is 0 Å². The van der Waals surface area contributed by atoms with E-state index in [9.17, 15) is 0 Å². The van der Waals surface area contributed by atoms with Crippen LogP contribution in [0.4, 0.5) is 11.5 Å². The van der Waals surface area contributed by atoms with Crippen molar-refractivity contribution in [2.24, 2.45) is 11.8 Å². The molecule has 1 aliphatic rings. The van der Waals surface area contributed by atoms with E-state index in [1.807, 2.05) is 36.1 Å². The predicted molar refractivity (Wildman–Crippen MR) is 159 cm³/mol. The Kier molecular flexibility index (Phi) is 7.64. The lowest BCUT2D eigenvalue weighted by molar-refractivity contribution is 0.316. The molecule has 0 radical (unpaired) electrons. The number of hydrogen-bond donors (Lipinski definition) is 0. The highest BCUT2D eigenvalue weighted by atomic mass is 15.3. The van der Waals surface area contributed by atoms with Crippen molar-refractivity contribution in [1.29, 1.82) is 0 Å². The van der Waals surface area contributed by atoms with E-state index < -0.39 is 0 Å².